The van der Waals surface area contributed by atoms with E-state index >= 15 is 0 Å². The highest BCUT2D eigenvalue weighted by atomic mass is 16.5. The van der Waals surface area contributed by atoms with Gasteiger partial charge in [-0.05, 0) is 36.8 Å². The first-order chi connectivity index (χ1) is 15.1. The fraction of sp³-hybridized carbons (Fsp3) is 0.182. The Kier molecular flexibility index (Phi) is 5.76. The highest BCUT2D eigenvalue weighted by Crippen LogP contribution is 2.22. The van der Waals surface area contributed by atoms with Gasteiger partial charge in [0.2, 0.25) is 0 Å². The number of fused-ring (bicyclic) bond motifs is 1. The zero-order chi connectivity index (χ0) is 21.8. The number of pyridine rings is 1. The average Bonchev–Trinajstić information content (AvgIpc) is 3.41. The largest absolute Gasteiger partial charge is 0.466 e. The first kappa shape index (κ1) is 20.3. The van der Waals surface area contributed by atoms with Crippen LogP contribution in [0.5, 0.6) is 0 Å². The number of nitrogens with one attached hydrogen (secondary N) is 1. The van der Waals surface area contributed by atoms with Crippen LogP contribution in [0.1, 0.15) is 28.7 Å². The molecule has 4 aromatic rings. The third kappa shape index (κ3) is 4.31. The summed E-state index contributed by atoms with van der Waals surface area (Å²) >= 11 is 0. The molecule has 3 aromatic heterocycles. The lowest BCUT2D eigenvalue weighted by Gasteiger charge is -2.12. The molecule has 9 nitrogen and oxygen atoms in total. The molecule has 9 heteroatoms. The number of hydrogen-bond acceptors (Lipinski definition) is 6. The number of amides is 1. The number of carbonyl (C=O) groups is 2. The Labute approximate surface area is 178 Å². The SMILES string of the molecule is CCOC(=O)Cc1cn(-c2ccc(CN)c(NC(=O)c3cnc4ccccn34)c2)cn1. The number of ether oxygens (including phenoxy) is 1. The lowest BCUT2D eigenvalue weighted by atomic mass is 10.1. The predicted molar refractivity (Wildman–Crippen MR) is 115 cm³/mol. The molecule has 3 heterocycles. The van der Waals surface area contributed by atoms with Crippen molar-refractivity contribution in [3.05, 3.63) is 78.3 Å². The fourth-order valence-corrected chi connectivity index (χ4v) is 3.26. The van der Waals surface area contributed by atoms with Crippen molar-refractivity contribution < 1.29 is 14.3 Å². The van der Waals surface area contributed by atoms with Gasteiger partial charge in [0, 0.05) is 30.3 Å². The Morgan fingerprint density at radius 1 is 1.19 bits per heavy atom. The molecule has 0 aliphatic rings. The van der Waals surface area contributed by atoms with Crippen molar-refractivity contribution in [2.75, 3.05) is 11.9 Å². The first-order valence-corrected chi connectivity index (χ1v) is 9.84. The molecule has 1 amide bonds. The van der Waals surface area contributed by atoms with Gasteiger partial charge in [-0.3, -0.25) is 14.0 Å². The van der Waals surface area contributed by atoms with Gasteiger partial charge in [0.05, 0.1) is 31.2 Å². The standard InChI is InChI=1S/C22H22N6O3/c1-2-31-21(29)9-16-13-27(14-25-16)17-7-6-15(11-23)18(10-17)26-22(30)19-12-24-20-5-3-4-8-28(19)20/h3-8,10,12-14H,2,9,11,23H2,1H3,(H,26,30). The van der Waals surface area contributed by atoms with Gasteiger partial charge >= 0.3 is 5.97 Å². The molecule has 4 rings (SSSR count). The van der Waals surface area contributed by atoms with Crippen LogP contribution < -0.4 is 11.1 Å². The van der Waals surface area contributed by atoms with Crippen LogP contribution in [0.2, 0.25) is 0 Å². The molecule has 0 saturated heterocycles. The summed E-state index contributed by atoms with van der Waals surface area (Å²) in [6.07, 6.45) is 6.79. The van der Waals surface area contributed by atoms with E-state index in [1.807, 2.05) is 36.4 Å². The second kappa shape index (κ2) is 8.80. The van der Waals surface area contributed by atoms with Crippen LogP contribution in [-0.4, -0.2) is 37.4 Å². The minimum Gasteiger partial charge on any atom is -0.466 e. The lowest BCUT2D eigenvalue weighted by Crippen LogP contribution is -2.16. The molecule has 3 N–H and O–H groups in total. The molecule has 0 unspecified atom stereocenters. The van der Waals surface area contributed by atoms with Gasteiger partial charge in [-0.1, -0.05) is 12.1 Å². The lowest BCUT2D eigenvalue weighted by molar-refractivity contribution is -0.142. The molecule has 0 saturated carbocycles. The number of anilines is 1. The molecule has 0 fully saturated rings. The van der Waals surface area contributed by atoms with Crippen LogP contribution in [0.25, 0.3) is 11.3 Å². The quantitative estimate of drug-likeness (QED) is 0.445. The van der Waals surface area contributed by atoms with Crippen molar-refractivity contribution in [1.82, 2.24) is 18.9 Å². The van der Waals surface area contributed by atoms with Crippen LogP contribution in [0.3, 0.4) is 0 Å². The molecule has 0 radical (unpaired) electrons. The number of imidazole rings is 2. The van der Waals surface area contributed by atoms with Crippen LogP contribution in [0.15, 0.2) is 61.3 Å². The summed E-state index contributed by atoms with van der Waals surface area (Å²) in [6.45, 7) is 2.36. The molecule has 1 aromatic carbocycles. The number of nitrogens with two attached hydrogens (primary N) is 1. The van der Waals surface area contributed by atoms with Crippen LogP contribution >= 0.6 is 0 Å². The van der Waals surface area contributed by atoms with Gasteiger partial charge in [0.1, 0.15) is 11.3 Å². The molecule has 0 aliphatic carbocycles. The van der Waals surface area contributed by atoms with E-state index in [-0.39, 0.29) is 24.8 Å². The van der Waals surface area contributed by atoms with Crippen molar-refractivity contribution >= 4 is 23.2 Å². The Balaban J connectivity index is 1.59. The van der Waals surface area contributed by atoms with Crippen molar-refractivity contribution in [2.24, 2.45) is 5.73 Å². The molecular formula is C22H22N6O3. The van der Waals surface area contributed by atoms with Crippen LogP contribution in [0, 0.1) is 0 Å². The second-order valence-electron chi connectivity index (χ2n) is 6.83. The van der Waals surface area contributed by atoms with E-state index < -0.39 is 0 Å². The number of hydrogen-bond donors (Lipinski definition) is 2. The normalized spacial score (nSPS) is 10.9. The Bertz CT molecular complexity index is 1240. The number of carbonyl (C=O) groups excluding carboxylic acids is 2. The predicted octanol–water partition coefficient (Wildman–Crippen LogP) is 2.34. The van der Waals surface area contributed by atoms with Crippen molar-refractivity contribution in [2.45, 2.75) is 19.9 Å². The number of benzene rings is 1. The topological polar surface area (TPSA) is 117 Å². The summed E-state index contributed by atoms with van der Waals surface area (Å²) < 4.78 is 8.46. The summed E-state index contributed by atoms with van der Waals surface area (Å²) in [7, 11) is 0. The number of rotatable bonds is 7. The molecule has 0 aliphatic heterocycles. The monoisotopic (exact) mass is 418 g/mol. The molecule has 0 spiro atoms. The smallest absolute Gasteiger partial charge is 0.311 e. The third-order valence-electron chi connectivity index (χ3n) is 4.78. The zero-order valence-electron chi connectivity index (χ0n) is 17.0. The zero-order valence-corrected chi connectivity index (χ0v) is 17.0. The van der Waals surface area contributed by atoms with Gasteiger partial charge in [0.15, 0.2) is 0 Å². The van der Waals surface area contributed by atoms with Gasteiger partial charge < -0.3 is 20.4 Å². The minimum absolute atomic E-state index is 0.0968. The van der Waals surface area contributed by atoms with E-state index in [1.54, 1.807) is 34.6 Å². The highest BCUT2D eigenvalue weighted by molar-refractivity contribution is 6.04. The van der Waals surface area contributed by atoms with Crippen LogP contribution in [-0.2, 0) is 22.5 Å². The Morgan fingerprint density at radius 3 is 2.87 bits per heavy atom. The molecule has 0 atom stereocenters. The average molecular weight is 418 g/mol. The Hall–Kier alpha value is -3.98. The van der Waals surface area contributed by atoms with E-state index in [4.69, 9.17) is 10.5 Å². The first-order valence-electron chi connectivity index (χ1n) is 9.84. The molecular weight excluding hydrogens is 396 g/mol. The molecule has 0 bridgehead atoms. The van der Waals surface area contributed by atoms with Gasteiger partial charge in [-0.15, -0.1) is 0 Å². The minimum atomic E-state index is -0.327. The molecule has 31 heavy (non-hydrogen) atoms. The van der Waals surface area contributed by atoms with Crippen molar-refractivity contribution in [3.8, 4) is 5.69 Å². The van der Waals surface area contributed by atoms with Gasteiger partial charge in [0.25, 0.3) is 5.91 Å². The van der Waals surface area contributed by atoms with E-state index in [2.05, 4.69) is 15.3 Å². The maximum Gasteiger partial charge on any atom is 0.311 e. The van der Waals surface area contributed by atoms with Gasteiger partial charge in [-0.25, -0.2) is 9.97 Å². The van der Waals surface area contributed by atoms with E-state index in [0.29, 0.717) is 29.3 Å². The number of nitrogens with zero attached hydrogens (tertiary/aromatic N) is 4. The van der Waals surface area contributed by atoms with E-state index in [1.165, 1.54) is 6.20 Å². The summed E-state index contributed by atoms with van der Waals surface area (Å²) in [5, 5.41) is 2.93. The van der Waals surface area contributed by atoms with Gasteiger partial charge in [-0.2, -0.15) is 0 Å². The summed E-state index contributed by atoms with van der Waals surface area (Å²) in [5.41, 5.74) is 9.73. The summed E-state index contributed by atoms with van der Waals surface area (Å²) in [6, 6.07) is 11.1. The summed E-state index contributed by atoms with van der Waals surface area (Å²) in [5.74, 6) is -0.619. The third-order valence-corrected chi connectivity index (χ3v) is 4.78. The van der Waals surface area contributed by atoms with Crippen LogP contribution in [0.4, 0.5) is 5.69 Å². The van der Waals surface area contributed by atoms with Crippen molar-refractivity contribution in [1.29, 1.82) is 0 Å². The molecule has 158 valence electrons. The maximum absolute atomic E-state index is 12.9. The maximum atomic E-state index is 12.9. The fourth-order valence-electron chi connectivity index (χ4n) is 3.26. The number of esters is 1. The van der Waals surface area contributed by atoms with E-state index in [9.17, 15) is 9.59 Å². The number of aromatic nitrogens is 4. The highest BCUT2D eigenvalue weighted by Gasteiger charge is 2.15. The summed E-state index contributed by atoms with van der Waals surface area (Å²) in [4.78, 5) is 33.1. The second-order valence-corrected chi connectivity index (χ2v) is 6.83. The Morgan fingerprint density at radius 2 is 2.06 bits per heavy atom. The van der Waals surface area contributed by atoms with E-state index in [0.717, 1.165) is 11.3 Å². The van der Waals surface area contributed by atoms with Crippen molar-refractivity contribution in [3.63, 3.8) is 0 Å².